The minimum absolute atomic E-state index is 0.119. The van der Waals surface area contributed by atoms with Crippen LogP contribution in [0.15, 0.2) is 24.3 Å². The van der Waals surface area contributed by atoms with E-state index in [0.29, 0.717) is 5.69 Å². The number of nitrogens with one attached hydrogen (secondary N) is 1. The van der Waals surface area contributed by atoms with Crippen molar-refractivity contribution in [3.63, 3.8) is 0 Å². The lowest BCUT2D eigenvalue weighted by atomic mass is 10.2. The van der Waals surface area contributed by atoms with Crippen molar-refractivity contribution in [2.45, 2.75) is 13.0 Å². The molecule has 1 aromatic rings. The zero-order chi connectivity index (χ0) is 12.6. The molecule has 0 aliphatic carbocycles. The molecule has 1 fully saturated rings. The summed E-state index contributed by atoms with van der Waals surface area (Å²) >= 11 is 0. The molecule has 1 aromatic carbocycles. The van der Waals surface area contributed by atoms with E-state index in [1.807, 2.05) is 13.0 Å². The number of benzene rings is 1. The summed E-state index contributed by atoms with van der Waals surface area (Å²) in [4.78, 5) is 11.0. The van der Waals surface area contributed by atoms with Gasteiger partial charge >= 0.3 is 16.2 Å². The molecule has 0 radical (unpaired) electrons. The molecule has 1 aliphatic heterocycles. The van der Waals surface area contributed by atoms with Gasteiger partial charge in [0.1, 0.15) is 0 Å². The second kappa shape index (κ2) is 4.01. The van der Waals surface area contributed by atoms with E-state index in [1.165, 1.54) is 0 Å². The first kappa shape index (κ1) is 11.9. The molecule has 2 rings (SSSR count). The molecule has 1 saturated heterocycles. The van der Waals surface area contributed by atoms with Gasteiger partial charge in [0.2, 0.25) is 0 Å². The van der Waals surface area contributed by atoms with E-state index in [-0.39, 0.29) is 6.54 Å². The third-order valence-corrected chi connectivity index (χ3v) is 4.06. The second-order valence-electron chi connectivity index (χ2n) is 3.84. The number of carbonyl (C=O) groups is 1. The Balaban J connectivity index is 2.49. The number of aryl methyl sites for hydroxylation is 1. The van der Waals surface area contributed by atoms with E-state index < -0.39 is 22.2 Å². The molecule has 17 heavy (non-hydrogen) atoms. The van der Waals surface area contributed by atoms with Crippen molar-refractivity contribution >= 4 is 21.9 Å². The van der Waals surface area contributed by atoms with Gasteiger partial charge in [0.15, 0.2) is 6.04 Å². The number of carboxylic acid groups (broad SMARTS) is 1. The van der Waals surface area contributed by atoms with Crippen molar-refractivity contribution in [3.8, 4) is 0 Å². The summed E-state index contributed by atoms with van der Waals surface area (Å²) < 4.78 is 26.6. The third-order valence-electron chi connectivity index (χ3n) is 2.54. The Morgan fingerprint density at radius 1 is 1.53 bits per heavy atom. The van der Waals surface area contributed by atoms with Crippen LogP contribution in [0.3, 0.4) is 0 Å². The van der Waals surface area contributed by atoms with Gasteiger partial charge in [-0.1, -0.05) is 12.1 Å². The first-order valence-corrected chi connectivity index (χ1v) is 6.44. The zero-order valence-corrected chi connectivity index (χ0v) is 9.94. The molecule has 6 nitrogen and oxygen atoms in total. The molecule has 2 N–H and O–H groups in total. The van der Waals surface area contributed by atoms with E-state index in [0.717, 1.165) is 9.87 Å². The van der Waals surface area contributed by atoms with E-state index in [4.69, 9.17) is 5.11 Å². The maximum Gasteiger partial charge on any atom is 0.328 e. The van der Waals surface area contributed by atoms with Crippen molar-refractivity contribution in [2.24, 2.45) is 0 Å². The van der Waals surface area contributed by atoms with E-state index in [2.05, 4.69) is 4.72 Å². The average molecular weight is 256 g/mol. The van der Waals surface area contributed by atoms with Gasteiger partial charge < -0.3 is 5.11 Å². The number of hydrogen-bond acceptors (Lipinski definition) is 3. The monoisotopic (exact) mass is 256 g/mol. The summed E-state index contributed by atoms with van der Waals surface area (Å²) in [6.07, 6.45) is 0. The third kappa shape index (κ3) is 2.11. The molecule has 0 aromatic heterocycles. The topological polar surface area (TPSA) is 86.7 Å². The van der Waals surface area contributed by atoms with Gasteiger partial charge in [-0.15, -0.1) is 0 Å². The summed E-state index contributed by atoms with van der Waals surface area (Å²) in [5.74, 6) is -1.17. The standard InChI is InChI=1S/C10H12N2O4S/c1-7-3-2-4-8(5-7)12-9(10(13)14)6-11-17(12,15)16/h2-5,9,11H,6H2,1H3,(H,13,14). The van der Waals surface area contributed by atoms with Gasteiger partial charge in [0.05, 0.1) is 5.69 Å². The molecule has 1 heterocycles. The molecule has 1 unspecified atom stereocenters. The lowest BCUT2D eigenvalue weighted by molar-refractivity contribution is -0.137. The Morgan fingerprint density at radius 3 is 2.82 bits per heavy atom. The Morgan fingerprint density at radius 2 is 2.24 bits per heavy atom. The number of hydrogen-bond donors (Lipinski definition) is 2. The van der Waals surface area contributed by atoms with Gasteiger partial charge in [0, 0.05) is 6.54 Å². The van der Waals surface area contributed by atoms with Crippen molar-refractivity contribution in [3.05, 3.63) is 29.8 Å². The number of anilines is 1. The maximum atomic E-state index is 11.7. The van der Waals surface area contributed by atoms with Crippen LogP contribution in [0, 0.1) is 6.92 Å². The molecule has 1 aliphatic rings. The van der Waals surface area contributed by atoms with E-state index in [1.54, 1.807) is 18.2 Å². The number of rotatable bonds is 2. The first-order valence-electron chi connectivity index (χ1n) is 5.00. The minimum atomic E-state index is -3.75. The fraction of sp³-hybridized carbons (Fsp3) is 0.300. The van der Waals surface area contributed by atoms with Crippen LogP contribution in [0.2, 0.25) is 0 Å². The molecule has 0 spiro atoms. The fourth-order valence-corrected chi connectivity index (χ4v) is 3.17. The van der Waals surface area contributed by atoms with Crippen molar-refractivity contribution in [1.29, 1.82) is 0 Å². The number of aliphatic carboxylic acids is 1. The van der Waals surface area contributed by atoms with Crippen LogP contribution in [0.5, 0.6) is 0 Å². The quantitative estimate of drug-likeness (QED) is 0.786. The average Bonchev–Trinajstić information content (AvgIpc) is 2.54. The van der Waals surface area contributed by atoms with E-state index in [9.17, 15) is 13.2 Å². The Hall–Kier alpha value is -1.60. The molecule has 0 saturated carbocycles. The highest BCUT2D eigenvalue weighted by molar-refractivity contribution is 7.91. The minimum Gasteiger partial charge on any atom is -0.480 e. The van der Waals surface area contributed by atoms with Gasteiger partial charge in [-0.2, -0.15) is 13.1 Å². The van der Waals surface area contributed by atoms with Crippen LogP contribution in [0.4, 0.5) is 5.69 Å². The fourth-order valence-electron chi connectivity index (χ4n) is 1.78. The van der Waals surface area contributed by atoms with Gasteiger partial charge in [-0.3, -0.25) is 0 Å². The van der Waals surface area contributed by atoms with E-state index >= 15 is 0 Å². The molecule has 0 bridgehead atoms. The normalized spacial score (nSPS) is 22.6. The molecular weight excluding hydrogens is 244 g/mol. The van der Waals surface area contributed by atoms with Crippen molar-refractivity contribution < 1.29 is 18.3 Å². The van der Waals surface area contributed by atoms with Gasteiger partial charge in [-0.05, 0) is 24.6 Å². The smallest absolute Gasteiger partial charge is 0.328 e. The predicted octanol–water partition coefficient (Wildman–Crippen LogP) is 0.103. The van der Waals surface area contributed by atoms with Crippen LogP contribution in [0.1, 0.15) is 5.56 Å². The van der Waals surface area contributed by atoms with Crippen LogP contribution in [-0.2, 0) is 15.0 Å². The molecule has 0 amide bonds. The van der Waals surface area contributed by atoms with Crippen molar-refractivity contribution in [1.82, 2.24) is 4.72 Å². The first-order chi connectivity index (χ1) is 7.92. The summed E-state index contributed by atoms with van der Waals surface area (Å²) in [5.41, 5.74) is 1.23. The largest absolute Gasteiger partial charge is 0.480 e. The highest BCUT2D eigenvalue weighted by Gasteiger charge is 2.41. The Labute approximate surface area is 99.0 Å². The molecule has 1 atom stereocenters. The second-order valence-corrected chi connectivity index (χ2v) is 5.47. The summed E-state index contributed by atoms with van der Waals surface area (Å²) in [5, 5.41) is 9.00. The molecule has 7 heteroatoms. The lowest BCUT2D eigenvalue weighted by Gasteiger charge is -2.21. The maximum absolute atomic E-state index is 11.7. The molecule has 92 valence electrons. The summed E-state index contributed by atoms with van der Waals surface area (Å²) in [7, 11) is -3.75. The Bertz CT molecular complexity index is 555. The summed E-state index contributed by atoms with van der Waals surface area (Å²) in [6, 6.07) is 5.63. The van der Waals surface area contributed by atoms with Crippen LogP contribution < -0.4 is 9.03 Å². The van der Waals surface area contributed by atoms with Gasteiger partial charge in [-0.25, -0.2) is 9.10 Å². The van der Waals surface area contributed by atoms with Crippen LogP contribution in [-0.4, -0.2) is 32.1 Å². The van der Waals surface area contributed by atoms with Crippen LogP contribution in [0.25, 0.3) is 0 Å². The zero-order valence-electron chi connectivity index (χ0n) is 9.12. The summed E-state index contributed by atoms with van der Waals surface area (Å²) in [6.45, 7) is 1.70. The number of nitrogens with zero attached hydrogens (tertiary/aromatic N) is 1. The van der Waals surface area contributed by atoms with Gasteiger partial charge in [0.25, 0.3) is 0 Å². The highest BCUT2D eigenvalue weighted by Crippen LogP contribution is 2.24. The molecular formula is C10H12N2O4S. The van der Waals surface area contributed by atoms with Crippen LogP contribution >= 0.6 is 0 Å². The SMILES string of the molecule is Cc1cccc(N2C(C(=O)O)CNS2(=O)=O)c1. The van der Waals surface area contributed by atoms with Crippen molar-refractivity contribution in [2.75, 3.05) is 10.8 Å². The highest BCUT2D eigenvalue weighted by atomic mass is 32.2. The number of carboxylic acids is 1. The predicted molar refractivity (Wildman–Crippen MR) is 62.0 cm³/mol. The lowest BCUT2D eigenvalue weighted by Crippen LogP contribution is -2.40. The Kier molecular flexibility index (Phi) is 2.80.